The van der Waals surface area contributed by atoms with Gasteiger partial charge in [0.25, 0.3) is 0 Å². The molecule has 3 rings (SSSR count). The van der Waals surface area contributed by atoms with Gasteiger partial charge in [-0.15, -0.1) is 0 Å². The minimum atomic E-state index is -3.80. The van der Waals surface area contributed by atoms with E-state index in [1.807, 2.05) is 26.8 Å². The first-order valence-corrected chi connectivity index (χ1v) is 15.1. The summed E-state index contributed by atoms with van der Waals surface area (Å²) in [4.78, 5) is 28.6. The monoisotopic (exact) mass is 567 g/mol. The van der Waals surface area contributed by atoms with E-state index >= 15 is 0 Å². The summed E-state index contributed by atoms with van der Waals surface area (Å²) in [6.45, 7) is 5.15. The van der Waals surface area contributed by atoms with Gasteiger partial charge in [0.15, 0.2) is 0 Å². The van der Waals surface area contributed by atoms with Crippen LogP contribution in [0.15, 0.2) is 36.4 Å². The maximum Gasteiger partial charge on any atom is 0.244 e. The van der Waals surface area contributed by atoms with Crippen molar-refractivity contribution in [1.82, 2.24) is 10.2 Å². The molecular formula is C27H35Cl2N3O4S. The number of anilines is 1. The first-order chi connectivity index (χ1) is 17.4. The molecule has 0 aliphatic heterocycles. The molecule has 1 atom stereocenters. The first kappa shape index (κ1) is 29.3. The highest BCUT2D eigenvalue weighted by molar-refractivity contribution is 7.92. The number of hydrogen-bond acceptors (Lipinski definition) is 4. The molecule has 2 amide bonds. The molecule has 202 valence electrons. The lowest BCUT2D eigenvalue weighted by Gasteiger charge is -2.34. The molecule has 0 spiro atoms. The van der Waals surface area contributed by atoms with Gasteiger partial charge in [0.2, 0.25) is 21.8 Å². The largest absolute Gasteiger partial charge is 0.352 e. The second-order valence-corrected chi connectivity index (χ2v) is 12.4. The van der Waals surface area contributed by atoms with Crippen molar-refractivity contribution in [1.29, 1.82) is 0 Å². The van der Waals surface area contributed by atoms with E-state index in [0.29, 0.717) is 27.7 Å². The number of carbonyl (C=O) groups excluding carboxylic acids is 2. The van der Waals surface area contributed by atoms with Gasteiger partial charge in [-0.25, -0.2) is 8.42 Å². The average Bonchev–Trinajstić information content (AvgIpc) is 3.33. The summed E-state index contributed by atoms with van der Waals surface area (Å²) in [6, 6.07) is 9.53. The number of carbonyl (C=O) groups is 2. The minimum absolute atomic E-state index is 0.0293. The van der Waals surface area contributed by atoms with Crippen LogP contribution in [0.25, 0.3) is 0 Å². The second-order valence-electron chi connectivity index (χ2n) is 9.67. The highest BCUT2D eigenvalue weighted by atomic mass is 35.5. The van der Waals surface area contributed by atoms with Crippen LogP contribution < -0.4 is 9.62 Å². The van der Waals surface area contributed by atoms with Crippen molar-refractivity contribution in [3.63, 3.8) is 0 Å². The van der Waals surface area contributed by atoms with Gasteiger partial charge >= 0.3 is 0 Å². The SMILES string of the molecule is CC[C@H](C(=O)NC1CCCC1)N(Cc1c(Cl)cccc1Cl)C(=O)CN(c1ccc(C)c(C)c1)S(C)(=O)=O. The predicted octanol–water partition coefficient (Wildman–Crippen LogP) is 5.24. The normalized spacial score (nSPS) is 14.9. The standard InChI is InChI=1S/C27H35Cl2N3O4S/c1-5-25(27(34)30-20-9-6-7-10-20)31(16-22-23(28)11-8-12-24(22)29)26(33)17-32(37(4,35)36)21-14-13-18(2)19(3)15-21/h8,11-15,20,25H,5-7,9-10,16-17H2,1-4H3,(H,30,34)/t25-/m1/s1. The van der Waals surface area contributed by atoms with Gasteiger partial charge in [0, 0.05) is 28.2 Å². The molecule has 10 heteroatoms. The molecule has 0 saturated heterocycles. The van der Waals surface area contributed by atoms with Crippen molar-refractivity contribution in [3.05, 3.63) is 63.1 Å². The number of hydrogen-bond donors (Lipinski definition) is 1. The van der Waals surface area contributed by atoms with E-state index in [1.54, 1.807) is 30.3 Å². The number of nitrogens with zero attached hydrogens (tertiary/aromatic N) is 2. The van der Waals surface area contributed by atoms with Crippen LogP contribution in [0.1, 0.15) is 55.7 Å². The van der Waals surface area contributed by atoms with Crippen LogP contribution >= 0.6 is 23.2 Å². The molecular weight excluding hydrogens is 533 g/mol. The zero-order chi connectivity index (χ0) is 27.3. The summed E-state index contributed by atoms with van der Waals surface area (Å²) in [5.41, 5.74) is 2.80. The van der Waals surface area contributed by atoms with E-state index in [9.17, 15) is 18.0 Å². The first-order valence-electron chi connectivity index (χ1n) is 12.5. The Bertz CT molecular complexity index is 1230. The Labute approximate surface area is 230 Å². The van der Waals surface area contributed by atoms with Gasteiger partial charge in [0.1, 0.15) is 12.6 Å². The molecule has 0 radical (unpaired) electrons. The molecule has 1 saturated carbocycles. The zero-order valence-electron chi connectivity index (χ0n) is 21.8. The number of aryl methyl sites for hydroxylation is 2. The molecule has 1 N–H and O–H groups in total. The molecule has 2 aromatic carbocycles. The zero-order valence-corrected chi connectivity index (χ0v) is 24.1. The molecule has 1 aliphatic carbocycles. The minimum Gasteiger partial charge on any atom is -0.352 e. The van der Waals surface area contributed by atoms with Crippen LogP contribution in [0, 0.1) is 13.8 Å². The van der Waals surface area contributed by atoms with Crippen LogP contribution in [0.2, 0.25) is 10.0 Å². The highest BCUT2D eigenvalue weighted by Crippen LogP contribution is 2.28. The van der Waals surface area contributed by atoms with Crippen LogP contribution in [0.5, 0.6) is 0 Å². The number of rotatable bonds is 10. The Hall–Kier alpha value is -2.29. The molecule has 2 aromatic rings. The number of amides is 2. The summed E-state index contributed by atoms with van der Waals surface area (Å²) < 4.78 is 26.7. The third-order valence-electron chi connectivity index (χ3n) is 6.94. The van der Waals surface area contributed by atoms with Crippen molar-refractivity contribution in [3.8, 4) is 0 Å². The summed E-state index contributed by atoms with van der Waals surface area (Å²) in [7, 11) is -3.80. The fourth-order valence-electron chi connectivity index (χ4n) is 4.64. The van der Waals surface area contributed by atoms with Gasteiger partial charge in [0.05, 0.1) is 11.9 Å². The lowest BCUT2D eigenvalue weighted by atomic mass is 10.1. The smallest absolute Gasteiger partial charge is 0.244 e. The Morgan fingerprint density at radius 2 is 1.68 bits per heavy atom. The maximum absolute atomic E-state index is 13.8. The number of halogens is 2. The van der Waals surface area contributed by atoms with Gasteiger partial charge in [-0.05, 0) is 68.5 Å². The van der Waals surface area contributed by atoms with Gasteiger partial charge in [-0.3, -0.25) is 13.9 Å². The second kappa shape index (κ2) is 12.5. The molecule has 0 unspecified atom stereocenters. The molecule has 1 aliphatic rings. The van der Waals surface area contributed by atoms with Crippen molar-refractivity contribution >= 4 is 50.7 Å². The highest BCUT2D eigenvalue weighted by Gasteiger charge is 2.33. The number of sulfonamides is 1. The van der Waals surface area contributed by atoms with Gasteiger partial charge in [-0.1, -0.05) is 55.1 Å². The van der Waals surface area contributed by atoms with Crippen molar-refractivity contribution < 1.29 is 18.0 Å². The van der Waals surface area contributed by atoms with Crippen LogP contribution in [0.3, 0.4) is 0 Å². The fourth-order valence-corrected chi connectivity index (χ4v) is 5.99. The summed E-state index contributed by atoms with van der Waals surface area (Å²) in [6.07, 6.45) is 5.32. The van der Waals surface area contributed by atoms with E-state index in [0.717, 1.165) is 47.4 Å². The third-order valence-corrected chi connectivity index (χ3v) is 8.78. The number of nitrogens with one attached hydrogen (secondary N) is 1. The Balaban J connectivity index is 1.98. The quantitative estimate of drug-likeness (QED) is 0.425. The average molecular weight is 569 g/mol. The lowest BCUT2D eigenvalue weighted by molar-refractivity contribution is -0.140. The molecule has 0 bridgehead atoms. The Morgan fingerprint density at radius 3 is 2.22 bits per heavy atom. The van der Waals surface area contributed by atoms with E-state index in [1.165, 1.54) is 4.90 Å². The predicted molar refractivity (Wildman–Crippen MR) is 150 cm³/mol. The van der Waals surface area contributed by atoms with E-state index in [2.05, 4.69) is 5.32 Å². The van der Waals surface area contributed by atoms with Crippen molar-refractivity contribution in [2.45, 2.75) is 71.5 Å². The van der Waals surface area contributed by atoms with Crippen LogP contribution in [-0.2, 0) is 26.2 Å². The van der Waals surface area contributed by atoms with Crippen molar-refractivity contribution in [2.75, 3.05) is 17.1 Å². The molecule has 37 heavy (non-hydrogen) atoms. The number of benzene rings is 2. The summed E-state index contributed by atoms with van der Waals surface area (Å²) >= 11 is 12.8. The Kier molecular flexibility index (Phi) is 9.89. The van der Waals surface area contributed by atoms with E-state index < -0.39 is 28.5 Å². The summed E-state index contributed by atoms with van der Waals surface area (Å²) in [5, 5.41) is 3.81. The van der Waals surface area contributed by atoms with Gasteiger partial charge < -0.3 is 10.2 Å². The third kappa shape index (κ3) is 7.39. The van der Waals surface area contributed by atoms with E-state index in [4.69, 9.17) is 23.2 Å². The maximum atomic E-state index is 13.8. The lowest BCUT2D eigenvalue weighted by Crippen LogP contribution is -2.53. The van der Waals surface area contributed by atoms with Crippen LogP contribution in [0.4, 0.5) is 5.69 Å². The van der Waals surface area contributed by atoms with E-state index in [-0.39, 0.29) is 18.5 Å². The molecule has 7 nitrogen and oxygen atoms in total. The topological polar surface area (TPSA) is 86.8 Å². The molecule has 0 aromatic heterocycles. The van der Waals surface area contributed by atoms with Gasteiger partial charge in [-0.2, -0.15) is 0 Å². The van der Waals surface area contributed by atoms with Crippen molar-refractivity contribution in [2.24, 2.45) is 0 Å². The Morgan fingerprint density at radius 1 is 1.05 bits per heavy atom. The fraction of sp³-hybridized carbons (Fsp3) is 0.481. The van der Waals surface area contributed by atoms with Crippen LogP contribution in [-0.4, -0.2) is 50.0 Å². The molecule has 0 heterocycles. The molecule has 1 fully saturated rings. The summed E-state index contributed by atoms with van der Waals surface area (Å²) in [5.74, 6) is -0.781.